The molecule has 1 heterocycles. The van der Waals surface area contributed by atoms with E-state index >= 15 is 0 Å². The van der Waals surface area contributed by atoms with Crippen molar-refractivity contribution in [3.05, 3.63) is 34.9 Å². The largest absolute Gasteiger partial charge is 0.355 e. The van der Waals surface area contributed by atoms with Gasteiger partial charge in [0, 0.05) is 34.5 Å². The quantitative estimate of drug-likeness (QED) is 0.764. The minimum absolute atomic E-state index is 0.167. The Kier molecular flexibility index (Phi) is 7.45. The van der Waals surface area contributed by atoms with E-state index in [-0.39, 0.29) is 16.6 Å². The van der Waals surface area contributed by atoms with Crippen molar-refractivity contribution >= 4 is 29.3 Å². The van der Waals surface area contributed by atoms with Gasteiger partial charge in [-0.3, -0.25) is 9.69 Å². The molecule has 1 fully saturated rings. The maximum absolute atomic E-state index is 12.3. The minimum atomic E-state index is 0.167. The number of nitrogens with zero attached hydrogens (tertiary/aromatic N) is 1. The Morgan fingerprint density at radius 1 is 1.33 bits per heavy atom. The molecule has 0 aromatic heterocycles. The number of benzene rings is 1. The van der Waals surface area contributed by atoms with Crippen LogP contribution < -0.4 is 5.32 Å². The maximum Gasteiger partial charge on any atom is 0.223 e. The first-order valence-corrected chi connectivity index (χ1v) is 10.1. The Bertz CT molecular complexity index is 536. The van der Waals surface area contributed by atoms with Crippen LogP contribution in [0.15, 0.2) is 24.3 Å². The number of amides is 1. The second kappa shape index (κ2) is 9.12. The molecule has 1 saturated heterocycles. The van der Waals surface area contributed by atoms with Crippen molar-refractivity contribution in [1.29, 1.82) is 0 Å². The van der Waals surface area contributed by atoms with E-state index in [2.05, 4.69) is 37.1 Å². The molecule has 0 spiro atoms. The van der Waals surface area contributed by atoms with Crippen LogP contribution >= 0.6 is 23.4 Å². The van der Waals surface area contributed by atoms with Crippen molar-refractivity contribution in [3.8, 4) is 0 Å². The number of halogens is 1. The van der Waals surface area contributed by atoms with Gasteiger partial charge in [0.05, 0.1) is 0 Å². The van der Waals surface area contributed by atoms with Crippen molar-refractivity contribution in [2.45, 2.75) is 44.9 Å². The van der Waals surface area contributed by atoms with Crippen LogP contribution in [0.2, 0.25) is 5.02 Å². The van der Waals surface area contributed by atoms with Crippen LogP contribution in [0.25, 0.3) is 0 Å². The van der Waals surface area contributed by atoms with Crippen LogP contribution in [0.4, 0.5) is 0 Å². The molecule has 24 heavy (non-hydrogen) atoms. The zero-order chi connectivity index (χ0) is 17.6. The number of piperidine rings is 1. The highest BCUT2D eigenvalue weighted by atomic mass is 35.5. The summed E-state index contributed by atoms with van der Waals surface area (Å²) in [6, 6.07) is 8.03. The van der Waals surface area contributed by atoms with Crippen molar-refractivity contribution in [2.75, 3.05) is 25.4 Å². The van der Waals surface area contributed by atoms with Gasteiger partial charge in [-0.15, -0.1) is 0 Å². The number of carbonyl (C=O) groups is 1. The number of likely N-dealkylation sites (tertiary alicyclic amines) is 1. The zero-order valence-corrected chi connectivity index (χ0v) is 16.6. The molecule has 0 radical (unpaired) electrons. The van der Waals surface area contributed by atoms with Gasteiger partial charge in [-0.25, -0.2) is 0 Å². The zero-order valence-electron chi connectivity index (χ0n) is 15.0. The summed E-state index contributed by atoms with van der Waals surface area (Å²) in [5.74, 6) is 1.37. The second-order valence-electron chi connectivity index (χ2n) is 7.43. The van der Waals surface area contributed by atoms with E-state index in [1.807, 2.05) is 30.0 Å². The molecule has 5 heteroatoms. The maximum atomic E-state index is 12.3. The van der Waals surface area contributed by atoms with E-state index in [1.54, 1.807) is 0 Å². The molecule has 1 N–H and O–H groups in total. The molecule has 0 saturated carbocycles. The van der Waals surface area contributed by atoms with Crippen molar-refractivity contribution < 1.29 is 4.79 Å². The Balaban J connectivity index is 1.67. The molecule has 2 rings (SSSR count). The average Bonchev–Trinajstić information content (AvgIpc) is 2.51. The second-order valence-corrected chi connectivity index (χ2v) is 9.79. The van der Waals surface area contributed by atoms with Crippen molar-refractivity contribution in [3.63, 3.8) is 0 Å². The van der Waals surface area contributed by atoms with E-state index < -0.39 is 0 Å². The molecule has 1 aromatic carbocycles. The van der Waals surface area contributed by atoms with Gasteiger partial charge in [0.1, 0.15) is 0 Å². The van der Waals surface area contributed by atoms with E-state index in [9.17, 15) is 4.79 Å². The Morgan fingerprint density at radius 3 is 2.67 bits per heavy atom. The predicted molar refractivity (Wildman–Crippen MR) is 105 cm³/mol. The van der Waals surface area contributed by atoms with Gasteiger partial charge < -0.3 is 5.32 Å². The number of nitrogens with one attached hydrogen (secondary N) is 1. The van der Waals surface area contributed by atoms with Crippen molar-refractivity contribution in [2.24, 2.45) is 5.92 Å². The fourth-order valence-corrected chi connectivity index (χ4v) is 3.95. The van der Waals surface area contributed by atoms with Gasteiger partial charge in [-0.2, -0.15) is 11.8 Å². The standard InChI is InChI=1S/C19H29ClN2OS/c1-19(2,3)24-12-9-21-18(23)16-7-10-22(11-8-16)14-15-5-4-6-17(20)13-15/h4-6,13,16H,7-12,14H2,1-3H3,(H,21,23). The predicted octanol–water partition coefficient (Wildman–Crippen LogP) is 4.20. The SMILES string of the molecule is CC(C)(C)SCCNC(=O)C1CCN(Cc2cccc(Cl)c2)CC1. The summed E-state index contributed by atoms with van der Waals surface area (Å²) in [6.07, 6.45) is 1.89. The van der Waals surface area contributed by atoms with Crippen LogP contribution in [-0.4, -0.2) is 40.9 Å². The third-order valence-electron chi connectivity index (χ3n) is 4.19. The van der Waals surface area contributed by atoms with E-state index in [0.717, 1.165) is 49.8 Å². The smallest absolute Gasteiger partial charge is 0.223 e. The third-order valence-corrected chi connectivity index (χ3v) is 5.70. The highest BCUT2D eigenvalue weighted by Gasteiger charge is 2.24. The number of hydrogen-bond donors (Lipinski definition) is 1. The van der Waals surface area contributed by atoms with Gasteiger partial charge in [-0.05, 0) is 43.6 Å². The fraction of sp³-hybridized carbons (Fsp3) is 0.632. The molecule has 0 bridgehead atoms. The topological polar surface area (TPSA) is 32.3 Å². The molecule has 0 atom stereocenters. The highest BCUT2D eigenvalue weighted by Crippen LogP contribution is 2.23. The molecular weight excluding hydrogens is 340 g/mol. The Morgan fingerprint density at radius 2 is 2.04 bits per heavy atom. The van der Waals surface area contributed by atoms with Crippen LogP contribution in [-0.2, 0) is 11.3 Å². The summed E-state index contributed by atoms with van der Waals surface area (Å²) < 4.78 is 0.260. The monoisotopic (exact) mass is 368 g/mol. The van der Waals surface area contributed by atoms with E-state index in [1.165, 1.54) is 5.56 Å². The van der Waals surface area contributed by atoms with Crippen LogP contribution in [0.5, 0.6) is 0 Å². The lowest BCUT2D eigenvalue weighted by Crippen LogP contribution is -2.40. The van der Waals surface area contributed by atoms with Crippen molar-refractivity contribution in [1.82, 2.24) is 10.2 Å². The minimum Gasteiger partial charge on any atom is -0.355 e. The summed E-state index contributed by atoms with van der Waals surface area (Å²) in [4.78, 5) is 14.7. The lowest BCUT2D eigenvalue weighted by molar-refractivity contribution is -0.126. The summed E-state index contributed by atoms with van der Waals surface area (Å²) in [5.41, 5.74) is 1.24. The number of carbonyl (C=O) groups excluding carboxylic acids is 1. The molecule has 1 aliphatic heterocycles. The van der Waals surface area contributed by atoms with E-state index in [0.29, 0.717) is 0 Å². The molecule has 1 aliphatic rings. The van der Waals surface area contributed by atoms with Gasteiger partial charge in [0.25, 0.3) is 0 Å². The average molecular weight is 369 g/mol. The molecule has 1 aromatic rings. The molecule has 1 amide bonds. The van der Waals surface area contributed by atoms with Gasteiger partial charge in [0.15, 0.2) is 0 Å². The summed E-state index contributed by atoms with van der Waals surface area (Å²) in [7, 11) is 0. The van der Waals surface area contributed by atoms with E-state index in [4.69, 9.17) is 11.6 Å². The number of thioether (sulfide) groups is 1. The Hall–Kier alpha value is -0.710. The lowest BCUT2D eigenvalue weighted by Gasteiger charge is -2.31. The summed E-state index contributed by atoms with van der Waals surface area (Å²) in [5, 5.41) is 3.89. The van der Waals surface area contributed by atoms with Crippen LogP contribution in [0, 0.1) is 5.92 Å². The molecule has 0 aliphatic carbocycles. The van der Waals surface area contributed by atoms with Gasteiger partial charge in [-0.1, -0.05) is 44.5 Å². The van der Waals surface area contributed by atoms with Crippen LogP contribution in [0.1, 0.15) is 39.2 Å². The molecular formula is C19H29ClN2OS. The lowest BCUT2D eigenvalue weighted by atomic mass is 9.95. The van der Waals surface area contributed by atoms with Gasteiger partial charge in [0.2, 0.25) is 5.91 Å². The third kappa shape index (κ3) is 7.04. The summed E-state index contributed by atoms with van der Waals surface area (Å²) >= 11 is 7.93. The number of rotatable bonds is 6. The Labute approximate surface area is 155 Å². The fourth-order valence-electron chi connectivity index (χ4n) is 2.92. The number of hydrogen-bond acceptors (Lipinski definition) is 3. The molecule has 0 unspecified atom stereocenters. The van der Waals surface area contributed by atoms with Gasteiger partial charge >= 0.3 is 0 Å². The molecule has 134 valence electrons. The molecule has 3 nitrogen and oxygen atoms in total. The first-order chi connectivity index (χ1) is 11.3. The first kappa shape index (κ1) is 19.6. The normalized spacial score (nSPS) is 17.0. The first-order valence-electron chi connectivity index (χ1n) is 8.72. The van der Waals surface area contributed by atoms with Crippen LogP contribution in [0.3, 0.4) is 0 Å². The highest BCUT2D eigenvalue weighted by molar-refractivity contribution is 8.00. The summed E-state index contributed by atoms with van der Waals surface area (Å²) in [6.45, 7) is 10.2.